The second-order valence-electron chi connectivity index (χ2n) is 4.26. The largest absolute Gasteiger partial charge is 0.379 e. The number of hydrogen-bond acceptors (Lipinski definition) is 3. The van der Waals surface area contributed by atoms with Crippen LogP contribution in [-0.4, -0.2) is 4.98 Å². The fraction of sp³-hybridized carbons (Fsp3) is 0.357. The second kappa shape index (κ2) is 5.32. The van der Waals surface area contributed by atoms with E-state index >= 15 is 0 Å². The molecule has 0 radical (unpaired) electrons. The summed E-state index contributed by atoms with van der Waals surface area (Å²) in [5.41, 5.74) is 4.92. The third-order valence-corrected chi connectivity index (χ3v) is 3.79. The molecule has 2 rings (SSSR count). The van der Waals surface area contributed by atoms with E-state index in [9.17, 15) is 0 Å². The van der Waals surface area contributed by atoms with E-state index in [0.717, 1.165) is 18.7 Å². The standard InChI is InChI=1S/C14H18N2S/c1-4-14-16-12(9-17-14)8-15-13-6-5-10(2)7-11(13)3/h5-7,9,15H,4,8H2,1-3H3. The molecule has 1 N–H and O–H groups in total. The van der Waals surface area contributed by atoms with Gasteiger partial charge < -0.3 is 5.32 Å². The second-order valence-corrected chi connectivity index (χ2v) is 5.20. The maximum atomic E-state index is 4.55. The smallest absolute Gasteiger partial charge is 0.0926 e. The van der Waals surface area contributed by atoms with Gasteiger partial charge in [-0.3, -0.25) is 0 Å². The van der Waals surface area contributed by atoms with Crippen molar-refractivity contribution >= 4 is 17.0 Å². The van der Waals surface area contributed by atoms with E-state index in [0.29, 0.717) is 0 Å². The fourth-order valence-corrected chi connectivity index (χ4v) is 2.53. The molecule has 0 saturated carbocycles. The van der Waals surface area contributed by atoms with Gasteiger partial charge in [0.05, 0.1) is 17.2 Å². The van der Waals surface area contributed by atoms with Crippen molar-refractivity contribution < 1.29 is 0 Å². The molecule has 0 aliphatic rings. The van der Waals surface area contributed by atoms with E-state index in [1.165, 1.54) is 21.8 Å². The minimum Gasteiger partial charge on any atom is -0.379 e. The van der Waals surface area contributed by atoms with Crippen molar-refractivity contribution in [3.05, 3.63) is 45.4 Å². The molecule has 2 aromatic rings. The summed E-state index contributed by atoms with van der Waals surface area (Å²) in [4.78, 5) is 4.55. The first-order valence-electron chi connectivity index (χ1n) is 5.93. The number of nitrogens with zero attached hydrogens (tertiary/aromatic N) is 1. The maximum absolute atomic E-state index is 4.55. The maximum Gasteiger partial charge on any atom is 0.0926 e. The van der Waals surface area contributed by atoms with Crippen LogP contribution < -0.4 is 5.32 Å². The minimum absolute atomic E-state index is 0.806. The lowest BCUT2D eigenvalue weighted by Gasteiger charge is -2.08. The van der Waals surface area contributed by atoms with Gasteiger partial charge in [0.15, 0.2) is 0 Å². The molecule has 2 nitrogen and oxygen atoms in total. The third-order valence-electron chi connectivity index (χ3n) is 2.74. The number of aryl methyl sites for hydroxylation is 3. The zero-order valence-electron chi connectivity index (χ0n) is 10.6. The van der Waals surface area contributed by atoms with Gasteiger partial charge in [-0.05, 0) is 31.9 Å². The molecule has 0 saturated heterocycles. The average molecular weight is 246 g/mol. The SMILES string of the molecule is CCc1nc(CNc2ccc(C)cc2C)cs1. The lowest BCUT2D eigenvalue weighted by Crippen LogP contribution is -2.01. The van der Waals surface area contributed by atoms with Crippen LogP contribution in [0.25, 0.3) is 0 Å². The molecular formula is C14H18N2S. The summed E-state index contributed by atoms with van der Waals surface area (Å²) in [6.45, 7) is 7.19. The number of thiazole rings is 1. The Kier molecular flexibility index (Phi) is 3.79. The van der Waals surface area contributed by atoms with Crippen LogP contribution in [0.5, 0.6) is 0 Å². The van der Waals surface area contributed by atoms with Crippen molar-refractivity contribution in [3.8, 4) is 0 Å². The highest BCUT2D eigenvalue weighted by atomic mass is 32.1. The van der Waals surface area contributed by atoms with Gasteiger partial charge in [-0.25, -0.2) is 4.98 Å². The number of nitrogens with one attached hydrogen (secondary N) is 1. The highest BCUT2D eigenvalue weighted by Crippen LogP contribution is 2.17. The van der Waals surface area contributed by atoms with Crippen molar-refractivity contribution in [3.63, 3.8) is 0 Å². The molecule has 0 aliphatic carbocycles. The minimum atomic E-state index is 0.806. The molecule has 1 heterocycles. The van der Waals surface area contributed by atoms with Crippen LogP contribution >= 0.6 is 11.3 Å². The predicted octanol–water partition coefficient (Wildman–Crippen LogP) is 3.93. The number of aromatic nitrogens is 1. The van der Waals surface area contributed by atoms with Gasteiger partial charge >= 0.3 is 0 Å². The molecule has 1 aromatic heterocycles. The number of rotatable bonds is 4. The third kappa shape index (κ3) is 3.07. The Hall–Kier alpha value is -1.35. The van der Waals surface area contributed by atoms with E-state index in [4.69, 9.17) is 0 Å². The molecule has 0 aliphatic heterocycles. The topological polar surface area (TPSA) is 24.9 Å². The zero-order valence-corrected chi connectivity index (χ0v) is 11.4. The highest BCUT2D eigenvalue weighted by molar-refractivity contribution is 7.09. The zero-order chi connectivity index (χ0) is 12.3. The van der Waals surface area contributed by atoms with Gasteiger partial charge in [0.25, 0.3) is 0 Å². The van der Waals surface area contributed by atoms with Crippen LogP contribution in [0, 0.1) is 13.8 Å². The van der Waals surface area contributed by atoms with Crippen molar-refractivity contribution in [2.45, 2.75) is 33.7 Å². The molecule has 1 aromatic carbocycles. The monoisotopic (exact) mass is 246 g/mol. The Balaban J connectivity index is 2.02. The highest BCUT2D eigenvalue weighted by Gasteiger charge is 2.02. The quantitative estimate of drug-likeness (QED) is 0.884. The lowest BCUT2D eigenvalue weighted by atomic mass is 10.1. The number of anilines is 1. The van der Waals surface area contributed by atoms with Crippen molar-refractivity contribution in [1.29, 1.82) is 0 Å². The Morgan fingerprint density at radius 2 is 2.12 bits per heavy atom. The first-order valence-corrected chi connectivity index (χ1v) is 6.81. The molecule has 0 amide bonds. The van der Waals surface area contributed by atoms with Crippen LogP contribution in [0.4, 0.5) is 5.69 Å². The Labute approximate surface area is 107 Å². The summed E-state index contributed by atoms with van der Waals surface area (Å²) in [6, 6.07) is 6.46. The first kappa shape index (κ1) is 12.1. The normalized spacial score (nSPS) is 10.5. The summed E-state index contributed by atoms with van der Waals surface area (Å²) in [5, 5.41) is 6.78. The van der Waals surface area contributed by atoms with Crippen molar-refractivity contribution in [2.75, 3.05) is 5.32 Å². The van der Waals surface area contributed by atoms with E-state index in [-0.39, 0.29) is 0 Å². The molecule has 0 spiro atoms. The van der Waals surface area contributed by atoms with Crippen molar-refractivity contribution in [2.24, 2.45) is 0 Å². The predicted molar refractivity (Wildman–Crippen MR) is 74.7 cm³/mol. The van der Waals surface area contributed by atoms with Gasteiger partial charge in [0, 0.05) is 11.1 Å². The molecule has 0 fully saturated rings. The summed E-state index contributed by atoms with van der Waals surface area (Å²) in [7, 11) is 0. The molecule has 90 valence electrons. The van der Waals surface area contributed by atoms with E-state index < -0.39 is 0 Å². The summed E-state index contributed by atoms with van der Waals surface area (Å²) < 4.78 is 0. The Morgan fingerprint density at radius 3 is 2.76 bits per heavy atom. The van der Waals surface area contributed by atoms with Gasteiger partial charge in [0.2, 0.25) is 0 Å². The first-order chi connectivity index (χ1) is 8.19. The van der Waals surface area contributed by atoms with Gasteiger partial charge in [-0.15, -0.1) is 11.3 Å². The fourth-order valence-electron chi connectivity index (χ4n) is 1.79. The lowest BCUT2D eigenvalue weighted by molar-refractivity contribution is 1.01. The molecular weight excluding hydrogens is 228 g/mol. The van der Waals surface area contributed by atoms with Crippen LogP contribution in [-0.2, 0) is 13.0 Å². The van der Waals surface area contributed by atoms with Gasteiger partial charge in [0.1, 0.15) is 0 Å². The molecule has 17 heavy (non-hydrogen) atoms. The molecule has 0 unspecified atom stereocenters. The van der Waals surface area contributed by atoms with Crippen LogP contribution in [0.2, 0.25) is 0 Å². The average Bonchev–Trinajstić information content (AvgIpc) is 2.76. The van der Waals surface area contributed by atoms with E-state index in [2.05, 4.69) is 54.7 Å². The number of benzene rings is 1. The number of hydrogen-bond donors (Lipinski definition) is 1. The molecule has 0 atom stereocenters. The molecule has 0 bridgehead atoms. The van der Waals surface area contributed by atoms with Crippen LogP contribution in [0.3, 0.4) is 0 Å². The molecule has 3 heteroatoms. The van der Waals surface area contributed by atoms with Crippen molar-refractivity contribution in [1.82, 2.24) is 4.98 Å². The summed E-state index contributed by atoms with van der Waals surface area (Å²) in [6.07, 6.45) is 1.02. The Bertz CT molecular complexity index is 503. The van der Waals surface area contributed by atoms with E-state index in [1.807, 2.05) is 0 Å². The summed E-state index contributed by atoms with van der Waals surface area (Å²) in [5.74, 6) is 0. The van der Waals surface area contributed by atoms with Crippen LogP contribution in [0.1, 0.15) is 28.8 Å². The van der Waals surface area contributed by atoms with Gasteiger partial charge in [-0.2, -0.15) is 0 Å². The van der Waals surface area contributed by atoms with E-state index in [1.54, 1.807) is 11.3 Å². The summed E-state index contributed by atoms with van der Waals surface area (Å²) >= 11 is 1.74. The van der Waals surface area contributed by atoms with Gasteiger partial charge in [-0.1, -0.05) is 24.6 Å². The van der Waals surface area contributed by atoms with Crippen LogP contribution in [0.15, 0.2) is 23.6 Å². The Morgan fingerprint density at radius 1 is 1.29 bits per heavy atom.